The van der Waals surface area contributed by atoms with E-state index in [9.17, 15) is 5.11 Å². The van der Waals surface area contributed by atoms with Crippen molar-refractivity contribution in [1.29, 1.82) is 0 Å². The normalized spacial score (nSPS) is 11.5. The van der Waals surface area contributed by atoms with Gasteiger partial charge in [0.25, 0.3) is 0 Å². The van der Waals surface area contributed by atoms with Gasteiger partial charge in [0.2, 0.25) is 0 Å². The molecule has 0 spiro atoms. The van der Waals surface area contributed by atoms with Crippen molar-refractivity contribution in [2.75, 3.05) is 13.2 Å². The second-order valence-corrected chi connectivity index (χ2v) is 5.62. The maximum atomic E-state index is 9.23. The number of rotatable bonds is 6. The van der Waals surface area contributed by atoms with Crippen LogP contribution in [-0.4, -0.2) is 32.5 Å². The van der Waals surface area contributed by atoms with Crippen molar-refractivity contribution in [1.82, 2.24) is 14.3 Å². The summed E-state index contributed by atoms with van der Waals surface area (Å²) in [5.41, 5.74) is 2.29. The molecule has 0 saturated heterocycles. The van der Waals surface area contributed by atoms with Gasteiger partial charge in [-0.3, -0.25) is 9.30 Å². The molecule has 0 aliphatic heterocycles. The number of aliphatic hydroxyl groups is 1. The molecule has 0 aliphatic rings. The van der Waals surface area contributed by atoms with Crippen molar-refractivity contribution in [2.45, 2.75) is 13.1 Å². The summed E-state index contributed by atoms with van der Waals surface area (Å²) in [6, 6.07) is 10.3. The van der Waals surface area contributed by atoms with Crippen LogP contribution in [0.2, 0.25) is 0 Å². The van der Waals surface area contributed by atoms with Crippen molar-refractivity contribution in [2.24, 2.45) is 0 Å². The van der Waals surface area contributed by atoms with E-state index in [0.717, 1.165) is 23.7 Å². The molecule has 3 aromatic rings. The Kier molecular flexibility index (Phi) is 4.11. The number of hydrogen-bond donors (Lipinski definition) is 1. The summed E-state index contributed by atoms with van der Waals surface area (Å²) in [6.45, 7) is 2.39. The first-order valence-corrected chi connectivity index (χ1v) is 7.51. The van der Waals surface area contributed by atoms with E-state index in [0.29, 0.717) is 6.54 Å². The van der Waals surface area contributed by atoms with Crippen molar-refractivity contribution in [3.8, 4) is 0 Å². The van der Waals surface area contributed by atoms with Crippen LogP contribution in [0.5, 0.6) is 0 Å². The summed E-state index contributed by atoms with van der Waals surface area (Å²) in [7, 11) is 0. The summed E-state index contributed by atoms with van der Waals surface area (Å²) in [5, 5.41) is 11.3. The van der Waals surface area contributed by atoms with E-state index in [2.05, 4.69) is 28.2 Å². The number of thiazole rings is 1. The van der Waals surface area contributed by atoms with Gasteiger partial charge in [-0.25, -0.2) is 4.98 Å². The molecule has 0 bridgehead atoms. The Morgan fingerprint density at radius 2 is 2.05 bits per heavy atom. The van der Waals surface area contributed by atoms with Crippen molar-refractivity contribution in [3.63, 3.8) is 0 Å². The predicted molar refractivity (Wildman–Crippen MR) is 80.7 cm³/mol. The molecule has 3 rings (SSSR count). The smallest absolute Gasteiger partial charge is 0.193 e. The molecule has 104 valence electrons. The van der Waals surface area contributed by atoms with Crippen LogP contribution >= 0.6 is 11.3 Å². The molecule has 0 aliphatic carbocycles. The number of hydrogen-bond acceptors (Lipinski definition) is 4. The van der Waals surface area contributed by atoms with Crippen molar-refractivity contribution in [3.05, 3.63) is 59.4 Å². The lowest BCUT2D eigenvalue weighted by Gasteiger charge is -2.20. The number of fused-ring (bicyclic) bond motifs is 1. The Balaban J connectivity index is 1.72. The molecular weight excluding hydrogens is 270 g/mol. The number of benzene rings is 1. The first kappa shape index (κ1) is 13.3. The molecule has 2 heterocycles. The Labute approximate surface area is 121 Å². The van der Waals surface area contributed by atoms with Gasteiger partial charge in [-0.05, 0) is 5.56 Å². The highest BCUT2D eigenvalue weighted by atomic mass is 32.1. The fourth-order valence-electron chi connectivity index (χ4n) is 2.28. The fourth-order valence-corrected chi connectivity index (χ4v) is 3.00. The monoisotopic (exact) mass is 287 g/mol. The van der Waals surface area contributed by atoms with E-state index >= 15 is 0 Å². The molecule has 0 fully saturated rings. The standard InChI is InChI=1S/C15H17N3OS/c19-8-6-17(10-13-4-2-1-3-5-13)11-14-12-18-7-9-20-15(18)16-14/h1-5,7,9,12,19H,6,8,10-11H2. The SMILES string of the molecule is OCCN(Cc1ccccc1)Cc1cn2ccsc2n1. The maximum Gasteiger partial charge on any atom is 0.193 e. The molecule has 1 aromatic carbocycles. The van der Waals surface area contributed by atoms with Gasteiger partial charge >= 0.3 is 0 Å². The molecule has 20 heavy (non-hydrogen) atoms. The van der Waals surface area contributed by atoms with E-state index in [1.165, 1.54) is 5.56 Å². The van der Waals surface area contributed by atoms with Gasteiger partial charge in [-0.2, -0.15) is 0 Å². The van der Waals surface area contributed by atoms with Gasteiger partial charge in [-0.15, -0.1) is 11.3 Å². The lowest BCUT2D eigenvalue weighted by atomic mass is 10.2. The average molecular weight is 287 g/mol. The minimum atomic E-state index is 0.162. The van der Waals surface area contributed by atoms with Gasteiger partial charge in [-0.1, -0.05) is 30.3 Å². The average Bonchev–Trinajstić information content (AvgIpc) is 3.01. The third kappa shape index (κ3) is 3.07. The molecule has 0 radical (unpaired) electrons. The molecule has 4 nitrogen and oxygen atoms in total. The lowest BCUT2D eigenvalue weighted by molar-refractivity contribution is 0.183. The van der Waals surface area contributed by atoms with Crippen LogP contribution in [0.4, 0.5) is 0 Å². The molecule has 2 aromatic heterocycles. The van der Waals surface area contributed by atoms with Gasteiger partial charge in [0.05, 0.1) is 12.3 Å². The zero-order valence-corrected chi connectivity index (χ0v) is 12.0. The third-order valence-corrected chi connectivity index (χ3v) is 3.96. The number of aromatic nitrogens is 2. The quantitative estimate of drug-likeness (QED) is 0.757. The molecule has 0 amide bonds. The molecular formula is C15H17N3OS. The Hall–Kier alpha value is -1.69. The second-order valence-electron chi connectivity index (χ2n) is 4.74. The topological polar surface area (TPSA) is 40.8 Å². The summed E-state index contributed by atoms with van der Waals surface area (Å²) in [4.78, 5) is 7.82. The molecule has 1 N–H and O–H groups in total. The maximum absolute atomic E-state index is 9.23. The summed E-state index contributed by atoms with van der Waals surface area (Å²) in [5.74, 6) is 0. The highest BCUT2D eigenvalue weighted by Crippen LogP contribution is 2.14. The minimum absolute atomic E-state index is 0.162. The summed E-state index contributed by atoms with van der Waals surface area (Å²) < 4.78 is 2.04. The zero-order valence-electron chi connectivity index (χ0n) is 11.1. The van der Waals surface area contributed by atoms with Gasteiger partial charge in [0.15, 0.2) is 4.96 Å². The van der Waals surface area contributed by atoms with Crippen LogP contribution in [0.1, 0.15) is 11.3 Å². The van der Waals surface area contributed by atoms with Crippen LogP contribution in [0.15, 0.2) is 48.1 Å². The first-order chi connectivity index (χ1) is 9.85. The largest absolute Gasteiger partial charge is 0.395 e. The highest BCUT2D eigenvalue weighted by molar-refractivity contribution is 7.15. The van der Waals surface area contributed by atoms with Crippen LogP contribution in [0.3, 0.4) is 0 Å². The van der Waals surface area contributed by atoms with Crippen molar-refractivity contribution < 1.29 is 5.11 Å². The van der Waals surface area contributed by atoms with Gasteiger partial charge in [0.1, 0.15) is 0 Å². The van der Waals surface area contributed by atoms with Crippen LogP contribution in [0.25, 0.3) is 4.96 Å². The number of imidazole rings is 1. The van der Waals surface area contributed by atoms with E-state index in [1.54, 1.807) is 11.3 Å². The van der Waals surface area contributed by atoms with E-state index in [1.807, 2.05) is 34.2 Å². The number of aliphatic hydroxyl groups excluding tert-OH is 1. The van der Waals surface area contributed by atoms with E-state index in [-0.39, 0.29) is 6.61 Å². The van der Waals surface area contributed by atoms with Crippen molar-refractivity contribution >= 4 is 16.3 Å². The Morgan fingerprint density at radius 3 is 2.80 bits per heavy atom. The van der Waals surface area contributed by atoms with Crippen LogP contribution in [0, 0.1) is 0 Å². The molecule has 5 heteroatoms. The van der Waals surface area contributed by atoms with E-state index in [4.69, 9.17) is 0 Å². The second kappa shape index (κ2) is 6.17. The molecule has 0 unspecified atom stereocenters. The lowest BCUT2D eigenvalue weighted by Crippen LogP contribution is -2.26. The number of nitrogens with zero attached hydrogens (tertiary/aromatic N) is 3. The molecule has 0 atom stereocenters. The summed E-state index contributed by atoms with van der Waals surface area (Å²) >= 11 is 1.64. The van der Waals surface area contributed by atoms with Crippen LogP contribution < -0.4 is 0 Å². The van der Waals surface area contributed by atoms with E-state index < -0.39 is 0 Å². The first-order valence-electron chi connectivity index (χ1n) is 6.63. The molecule has 0 saturated carbocycles. The third-order valence-electron chi connectivity index (χ3n) is 3.19. The summed E-state index contributed by atoms with van der Waals surface area (Å²) in [6.07, 6.45) is 4.07. The van der Waals surface area contributed by atoms with Gasteiger partial charge < -0.3 is 5.11 Å². The van der Waals surface area contributed by atoms with Crippen LogP contribution in [-0.2, 0) is 13.1 Å². The highest BCUT2D eigenvalue weighted by Gasteiger charge is 2.10. The van der Waals surface area contributed by atoms with Gasteiger partial charge in [0, 0.05) is 37.4 Å². The Bertz CT molecular complexity index is 633. The predicted octanol–water partition coefficient (Wildman–Crippen LogP) is 2.39. The zero-order chi connectivity index (χ0) is 13.8. The fraction of sp³-hybridized carbons (Fsp3) is 0.267. The minimum Gasteiger partial charge on any atom is -0.395 e. The Morgan fingerprint density at radius 1 is 1.20 bits per heavy atom.